The van der Waals surface area contributed by atoms with E-state index in [0.717, 1.165) is 0 Å². The number of phenols is 1. The van der Waals surface area contributed by atoms with Gasteiger partial charge in [-0.15, -0.1) is 0 Å². The third-order valence-electron chi connectivity index (χ3n) is 3.08. The first kappa shape index (κ1) is 16.9. The number of hydrogen-bond acceptors (Lipinski definition) is 6. The van der Waals surface area contributed by atoms with Crippen molar-refractivity contribution in [1.29, 1.82) is 0 Å². The molecule has 0 fully saturated rings. The fourth-order valence-electron chi connectivity index (χ4n) is 1.80. The number of nitro groups is 1. The number of para-hydroxylation sites is 1. The molecule has 0 saturated heterocycles. The van der Waals surface area contributed by atoms with Crippen molar-refractivity contribution in [2.75, 3.05) is 6.61 Å². The summed E-state index contributed by atoms with van der Waals surface area (Å²) < 4.78 is 5.19. The van der Waals surface area contributed by atoms with Crippen molar-refractivity contribution in [1.82, 2.24) is 5.43 Å². The van der Waals surface area contributed by atoms with E-state index in [1.807, 2.05) is 0 Å². The number of aromatic hydroxyl groups is 1. The zero-order valence-electron chi connectivity index (χ0n) is 12.8. The second-order valence-electron chi connectivity index (χ2n) is 4.85. The lowest BCUT2D eigenvalue weighted by Gasteiger charge is -2.05. The summed E-state index contributed by atoms with van der Waals surface area (Å²) in [6.07, 6.45) is 1.33. The number of carbonyl (C=O) groups is 1. The van der Waals surface area contributed by atoms with Crippen LogP contribution in [0.1, 0.15) is 11.1 Å². The molecule has 8 nitrogen and oxygen atoms in total. The molecular weight excluding hydrogens is 314 g/mol. The molecule has 2 N–H and O–H groups in total. The highest BCUT2D eigenvalue weighted by atomic mass is 16.6. The number of hydrogen-bond donors (Lipinski definition) is 2. The quantitative estimate of drug-likeness (QED) is 0.479. The predicted octanol–water partition coefficient (Wildman–Crippen LogP) is 2.14. The Morgan fingerprint density at radius 2 is 2.04 bits per heavy atom. The number of rotatable bonds is 6. The SMILES string of the molecule is Cc1cccc(C=NNC(=O)COc2ccc([N+](=O)[O-])cc2)c1O. The van der Waals surface area contributed by atoms with Crippen molar-refractivity contribution in [2.45, 2.75) is 6.92 Å². The van der Waals surface area contributed by atoms with Gasteiger partial charge < -0.3 is 9.84 Å². The van der Waals surface area contributed by atoms with Gasteiger partial charge in [-0.25, -0.2) is 5.43 Å². The molecule has 1 amide bonds. The molecule has 2 rings (SSSR count). The van der Waals surface area contributed by atoms with Gasteiger partial charge in [-0.05, 0) is 30.7 Å². The summed E-state index contributed by atoms with van der Waals surface area (Å²) >= 11 is 0. The summed E-state index contributed by atoms with van der Waals surface area (Å²) in [5, 5.41) is 24.1. The van der Waals surface area contributed by atoms with Crippen molar-refractivity contribution < 1.29 is 19.6 Å². The highest BCUT2D eigenvalue weighted by Gasteiger charge is 2.06. The first-order chi connectivity index (χ1) is 11.5. The summed E-state index contributed by atoms with van der Waals surface area (Å²) in [4.78, 5) is 21.6. The molecule has 0 atom stereocenters. The molecule has 0 aliphatic carbocycles. The van der Waals surface area contributed by atoms with Gasteiger partial charge in [-0.1, -0.05) is 12.1 Å². The maximum atomic E-state index is 11.6. The number of hydrazone groups is 1. The minimum Gasteiger partial charge on any atom is -0.507 e. The van der Waals surface area contributed by atoms with Crippen LogP contribution in [0.2, 0.25) is 0 Å². The highest BCUT2D eigenvalue weighted by molar-refractivity contribution is 5.85. The van der Waals surface area contributed by atoms with E-state index in [9.17, 15) is 20.0 Å². The molecule has 0 radical (unpaired) electrons. The van der Waals surface area contributed by atoms with Crippen LogP contribution < -0.4 is 10.2 Å². The Bertz CT molecular complexity index is 772. The number of carbonyl (C=O) groups excluding carboxylic acids is 1. The molecule has 0 unspecified atom stereocenters. The first-order valence-corrected chi connectivity index (χ1v) is 6.95. The topological polar surface area (TPSA) is 114 Å². The fraction of sp³-hybridized carbons (Fsp3) is 0.125. The molecule has 0 aliphatic rings. The van der Waals surface area contributed by atoms with Gasteiger partial charge in [0.2, 0.25) is 0 Å². The number of amides is 1. The fourth-order valence-corrected chi connectivity index (χ4v) is 1.80. The van der Waals surface area contributed by atoms with Crippen LogP contribution in [0.15, 0.2) is 47.6 Å². The summed E-state index contributed by atoms with van der Waals surface area (Å²) in [6.45, 7) is 1.46. The minimum atomic E-state index is -0.522. The Balaban J connectivity index is 1.84. The minimum absolute atomic E-state index is 0.0608. The molecule has 0 bridgehead atoms. The second-order valence-corrected chi connectivity index (χ2v) is 4.85. The largest absolute Gasteiger partial charge is 0.507 e. The molecular formula is C16H15N3O5. The van der Waals surface area contributed by atoms with Gasteiger partial charge in [0.15, 0.2) is 6.61 Å². The second kappa shape index (κ2) is 7.73. The number of nitro benzene ring substituents is 1. The van der Waals surface area contributed by atoms with Crippen LogP contribution in [0.25, 0.3) is 0 Å². The van der Waals surface area contributed by atoms with E-state index in [-0.39, 0.29) is 18.0 Å². The summed E-state index contributed by atoms with van der Waals surface area (Å²) in [5.74, 6) is -0.0783. The van der Waals surface area contributed by atoms with Crippen LogP contribution in [0.4, 0.5) is 5.69 Å². The van der Waals surface area contributed by atoms with E-state index < -0.39 is 10.8 Å². The van der Waals surface area contributed by atoms with E-state index in [1.165, 1.54) is 30.5 Å². The highest BCUT2D eigenvalue weighted by Crippen LogP contribution is 2.19. The molecule has 2 aromatic rings. The van der Waals surface area contributed by atoms with Gasteiger partial charge in [0, 0.05) is 17.7 Å². The number of nitrogens with one attached hydrogen (secondary N) is 1. The van der Waals surface area contributed by atoms with Crippen molar-refractivity contribution >= 4 is 17.8 Å². The number of phenolic OH excluding ortho intramolecular Hbond substituents is 1. The van der Waals surface area contributed by atoms with Crippen LogP contribution in [-0.2, 0) is 4.79 Å². The molecule has 2 aromatic carbocycles. The van der Waals surface area contributed by atoms with Crippen LogP contribution >= 0.6 is 0 Å². The normalized spacial score (nSPS) is 10.5. The Morgan fingerprint density at radius 1 is 1.33 bits per heavy atom. The van der Waals surface area contributed by atoms with Gasteiger partial charge in [0.25, 0.3) is 11.6 Å². The Hall–Kier alpha value is -3.42. The average molecular weight is 329 g/mol. The van der Waals surface area contributed by atoms with E-state index >= 15 is 0 Å². The molecule has 0 saturated carbocycles. The van der Waals surface area contributed by atoms with Crippen LogP contribution in [0, 0.1) is 17.0 Å². The average Bonchev–Trinajstić information content (AvgIpc) is 2.57. The maximum absolute atomic E-state index is 11.6. The molecule has 0 aliphatic heterocycles. The lowest BCUT2D eigenvalue weighted by molar-refractivity contribution is -0.384. The summed E-state index contributed by atoms with van der Waals surface area (Å²) in [6, 6.07) is 10.5. The van der Waals surface area contributed by atoms with Gasteiger partial charge in [-0.3, -0.25) is 14.9 Å². The number of benzene rings is 2. The van der Waals surface area contributed by atoms with E-state index in [1.54, 1.807) is 25.1 Å². The van der Waals surface area contributed by atoms with Crippen molar-refractivity contribution in [2.24, 2.45) is 5.10 Å². The standard InChI is InChI=1S/C16H15N3O5/c1-11-3-2-4-12(16(11)21)9-17-18-15(20)10-24-14-7-5-13(6-8-14)19(22)23/h2-9,21H,10H2,1H3,(H,18,20). The van der Waals surface area contributed by atoms with Crippen molar-refractivity contribution in [3.8, 4) is 11.5 Å². The molecule has 0 spiro atoms. The summed E-state index contributed by atoms with van der Waals surface area (Å²) in [5.41, 5.74) is 3.38. The zero-order chi connectivity index (χ0) is 17.5. The molecule has 0 heterocycles. The van der Waals surface area contributed by atoms with Gasteiger partial charge in [0.1, 0.15) is 11.5 Å². The number of aryl methyl sites for hydroxylation is 1. The Labute approximate surface area is 137 Å². The monoisotopic (exact) mass is 329 g/mol. The van der Waals surface area contributed by atoms with Gasteiger partial charge >= 0.3 is 0 Å². The zero-order valence-corrected chi connectivity index (χ0v) is 12.8. The number of non-ortho nitro benzene ring substituents is 1. The Morgan fingerprint density at radius 3 is 2.71 bits per heavy atom. The van der Waals surface area contributed by atoms with Crippen molar-refractivity contribution in [3.63, 3.8) is 0 Å². The lowest BCUT2D eigenvalue weighted by atomic mass is 10.1. The lowest BCUT2D eigenvalue weighted by Crippen LogP contribution is -2.24. The van der Waals surface area contributed by atoms with E-state index in [4.69, 9.17) is 4.74 Å². The molecule has 24 heavy (non-hydrogen) atoms. The third kappa shape index (κ3) is 4.54. The number of nitrogens with zero attached hydrogens (tertiary/aromatic N) is 2. The van der Waals surface area contributed by atoms with Gasteiger partial charge in [0.05, 0.1) is 11.1 Å². The van der Waals surface area contributed by atoms with E-state index in [0.29, 0.717) is 16.9 Å². The third-order valence-corrected chi connectivity index (χ3v) is 3.08. The van der Waals surface area contributed by atoms with Crippen LogP contribution in [-0.4, -0.2) is 28.8 Å². The van der Waals surface area contributed by atoms with Crippen LogP contribution in [0.5, 0.6) is 11.5 Å². The smallest absolute Gasteiger partial charge is 0.277 e. The molecule has 0 aromatic heterocycles. The number of ether oxygens (including phenoxy) is 1. The Kier molecular flexibility index (Phi) is 5.45. The van der Waals surface area contributed by atoms with E-state index in [2.05, 4.69) is 10.5 Å². The van der Waals surface area contributed by atoms with Gasteiger partial charge in [-0.2, -0.15) is 5.10 Å². The maximum Gasteiger partial charge on any atom is 0.277 e. The van der Waals surface area contributed by atoms with Crippen LogP contribution in [0.3, 0.4) is 0 Å². The first-order valence-electron chi connectivity index (χ1n) is 6.95. The predicted molar refractivity (Wildman–Crippen MR) is 87.2 cm³/mol. The molecule has 124 valence electrons. The summed E-state index contributed by atoms with van der Waals surface area (Å²) in [7, 11) is 0. The van der Waals surface area contributed by atoms with Crippen molar-refractivity contribution in [3.05, 3.63) is 63.7 Å². The molecule has 8 heteroatoms.